The third-order valence-corrected chi connectivity index (χ3v) is 2.70. The molecule has 0 saturated carbocycles. The Kier molecular flexibility index (Phi) is 2.89. The van der Waals surface area contributed by atoms with Crippen molar-refractivity contribution >= 4 is 34.6 Å². The van der Waals surface area contributed by atoms with E-state index in [4.69, 9.17) is 12.2 Å². The van der Waals surface area contributed by atoms with E-state index in [1.165, 1.54) is 11.3 Å². The molecule has 0 fully saturated rings. The highest BCUT2D eigenvalue weighted by atomic mass is 32.1. The summed E-state index contributed by atoms with van der Waals surface area (Å²) in [7, 11) is 0. The lowest BCUT2D eigenvalue weighted by atomic mass is 10.2. The molecule has 0 radical (unpaired) electrons. The Morgan fingerprint density at radius 1 is 1.40 bits per heavy atom. The topological polar surface area (TPSA) is 57.8 Å². The summed E-state index contributed by atoms with van der Waals surface area (Å²) in [6.45, 7) is 0. The van der Waals surface area contributed by atoms with Gasteiger partial charge in [0.1, 0.15) is 0 Å². The molecule has 15 heavy (non-hydrogen) atoms. The summed E-state index contributed by atoms with van der Waals surface area (Å²) in [5.74, 6) is -0.187. The highest BCUT2D eigenvalue weighted by Gasteiger charge is 2.06. The third kappa shape index (κ3) is 2.48. The summed E-state index contributed by atoms with van der Waals surface area (Å²) in [4.78, 5) is 11.6. The van der Waals surface area contributed by atoms with Crippen molar-refractivity contribution in [1.29, 1.82) is 0 Å². The number of benzene rings is 1. The van der Waals surface area contributed by atoms with Crippen LogP contribution < -0.4 is 5.32 Å². The number of rotatable bonds is 2. The number of amides is 1. The van der Waals surface area contributed by atoms with Gasteiger partial charge in [-0.3, -0.25) is 15.2 Å². The second-order valence-corrected chi connectivity index (χ2v) is 4.40. The molecule has 1 aromatic heterocycles. The summed E-state index contributed by atoms with van der Waals surface area (Å²) in [6.07, 6.45) is 0. The number of hydrogen-bond acceptors (Lipinski definition) is 4. The quantitative estimate of drug-likeness (QED) is 0.789. The monoisotopic (exact) mass is 237 g/mol. The van der Waals surface area contributed by atoms with E-state index in [1.54, 1.807) is 24.3 Å². The predicted molar refractivity (Wildman–Crippen MR) is 61.7 cm³/mol. The number of hydrogen-bond donors (Lipinski definition) is 2. The summed E-state index contributed by atoms with van der Waals surface area (Å²) < 4.78 is 0.540. The highest BCUT2D eigenvalue weighted by Crippen LogP contribution is 2.12. The molecule has 76 valence electrons. The minimum absolute atomic E-state index is 0.187. The van der Waals surface area contributed by atoms with Gasteiger partial charge in [-0.1, -0.05) is 29.5 Å². The van der Waals surface area contributed by atoms with Crippen LogP contribution in [0, 0.1) is 3.95 Å². The molecule has 2 aromatic rings. The van der Waals surface area contributed by atoms with Crippen LogP contribution in [0.2, 0.25) is 0 Å². The van der Waals surface area contributed by atoms with E-state index in [9.17, 15) is 4.79 Å². The van der Waals surface area contributed by atoms with Crippen LogP contribution in [0.4, 0.5) is 5.13 Å². The zero-order valence-electron chi connectivity index (χ0n) is 7.56. The lowest BCUT2D eigenvalue weighted by molar-refractivity contribution is 0.102. The Labute approximate surface area is 95.0 Å². The second kappa shape index (κ2) is 4.33. The van der Waals surface area contributed by atoms with Crippen LogP contribution >= 0.6 is 23.6 Å². The molecular formula is C9H7N3OS2. The lowest BCUT2D eigenvalue weighted by Gasteiger charge is -1.99. The number of aromatic nitrogens is 2. The van der Waals surface area contributed by atoms with E-state index in [0.29, 0.717) is 14.6 Å². The third-order valence-electron chi connectivity index (χ3n) is 1.69. The van der Waals surface area contributed by atoms with E-state index in [0.717, 1.165) is 0 Å². The first-order valence-corrected chi connectivity index (χ1v) is 5.40. The fraction of sp³-hybridized carbons (Fsp3) is 0. The number of nitrogens with zero attached hydrogens (tertiary/aromatic N) is 1. The number of carbonyl (C=O) groups excluding carboxylic acids is 1. The Hall–Kier alpha value is -1.53. The van der Waals surface area contributed by atoms with E-state index < -0.39 is 0 Å². The zero-order chi connectivity index (χ0) is 10.7. The second-order valence-electron chi connectivity index (χ2n) is 2.74. The molecule has 0 bridgehead atoms. The van der Waals surface area contributed by atoms with Gasteiger partial charge in [-0.25, -0.2) is 0 Å². The van der Waals surface area contributed by atoms with Crippen molar-refractivity contribution in [3.05, 3.63) is 39.8 Å². The van der Waals surface area contributed by atoms with Gasteiger partial charge in [0.15, 0.2) is 3.95 Å². The van der Waals surface area contributed by atoms with Gasteiger partial charge in [-0.05, 0) is 24.4 Å². The first-order valence-electron chi connectivity index (χ1n) is 4.17. The van der Waals surface area contributed by atoms with Gasteiger partial charge in [-0.2, -0.15) is 0 Å². The van der Waals surface area contributed by atoms with Gasteiger partial charge < -0.3 is 0 Å². The molecule has 1 aromatic carbocycles. The van der Waals surface area contributed by atoms with E-state index in [-0.39, 0.29) is 5.91 Å². The molecule has 0 saturated heterocycles. The number of H-pyrrole nitrogens is 1. The van der Waals surface area contributed by atoms with Gasteiger partial charge in [0.2, 0.25) is 5.13 Å². The Morgan fingerprint density at radius 3 is 2.73 bits per heavy atom. The minimum atomic E-state index is -0.187. The molecule has 0 spiro atoms. The molecule has 0 aliphatic carbocycles. The molecule has 0 aliphatic rings. The van der Waals surface area contributed by atoms with Crippen molar-refractivity contribution < 1.29 is 4.79 Å². The fourth-order valence-corrected chi connectivity index (χ4v) is 1.83. The first kappa shape index (κ1) is 10.0. The van der Waals surface area contributed by atoms with E-state index in [2.05, 4.69) is 15.5 Å². The number of aromatic amines is 1. The van der Waals surface area contributed by atoms with Gasteiger partial charge in [0, 0.05) is 5.56 Å². The zero-order valence-corrected chi connectivity index (χ0v) is 9.19. The van der Waals surface area contributed by atoms with Gasteiger partial charge in [0.25, 0.3) is 5.91 Å². The average molecular weight is 237 g/mol. The molecule has 2 rings (SSSR count). The molecular weight excluding hydrogens is 230 g/mol. The van der Waals surface area contributed by atoms with Crippen LogP contribution in [-0.2, 0) is 0 Å². The largest absolute Gasteiger partial charge is 0.296 e. The molecule has 6 heteroatoms. The maximum absolute atomic E-state index is 11.6. The normalized spacial score (nSPS) is 9.87. The van der Waals surface area contributed by atoms with E-state index in [1.807, 2.05) is 6.07 Å². The molecule has 4 nitrogen and oxygen atoms in total. The Balaban J connectivity index is 2.14. The first-order chi connectivity index (χ1) is 7.25. The van der Waals surface area contributed by atoms with Crippen LogP contribution in [0.15, 0.2) is 30.3 Å². The average Bonchev–Trinajstić information content (AvgIpc) is 2.65. The summed E-state index contributed by atoms with van der Waals surface area (Å²) in [5, 5.41) is 9.56. The van der Waals surface area contributed by atoms with Crippen molar-refractivity contribution in [1.82, 2.24) is 10.2 Å². The molecule has 0 atom stereocenters. The SMILES string of the molecule is O=C(Nc1n[nH]c(=S)s1)c1ccccc1. The van der Waals surface area contributed by atoms with Crippen molar-refractivity contribution in [3.8, 4) is 0 Å². The summed E-state index contributed by atoms with van der Waals surface area (Å²) in [5.41, 5.74) is 0.596. The van der Waals surface area contributed by atoms with Crippen molar-refractivity contribution in [2.24, 2.45) is 0 Å². The van der Waals surface area contributed by atoms with Crippen molar-refractivity contribution in [2.45, 2.75) is 0 Å². The molecule has 2 N–H and O–H groups in total. The van der Waals surface area contributed by atoms with Crippen LogP contribution in [0.25, 0.3) is 0 Å². The smallest absolute Gasteiger partial charge is 0.257 e. The maximum Gasteiger partial charge on any atom is 0.257 e. The molecule has 1 amide bonds. The minimum Gasteiger partial charge on any atom is -0.296 e. The van der Waals surface area contributed by atoms with Crippen molar-refractivity contribution in [2.75, 3.05) is 5.32 Å². The van der Waals surface area contributed by atoms with Gasteiger partial charge in [-0.15, -0.1) is 5.10 Å². The van der Waals surface area contributed by atoms with Crippen LogP contribution in [0.5, 0.6) is 0 Å². The standard InChI is InChI=1S/C9H7N3OS2/c13-7(6-4-2-1-3-5-6)10-8-11-12-9(14)15-8/h1-5H,(H,12,14)(H,10,11,13). The van der Waals surface area contributed by atoms with Crippen LogP contribution in [0.1, 0.15) is 10.4 Å². The predicted octanol–water partition coefficient (Wildman–Crippen LogP) is 2.45. The lowest BCUT2D eigenvalue weighted by Crippen LogP contribution is -2.11. The highest BCUT2D eigenvalue weighted by molar-refractivity contribution is 7.73. The van der Waals surface area contributed by atoms with Crippen molar-refractivity contribution in [3.63, 3.8) is 0 Å². The number of anilines is 1. The van der Waals surface area contributed by atoms with Gasteiger partial charge >= 0.3 is 0 Å². The Bertz CT molecular complexity index is 517. The molecule has 0 unspecified atom stereocenters. The number of carbonyl (C=O) groups is 1. The molecule has 1 heterocycles. The Morgan fingerprint density at radius 2 is 2.13 bits per heavy atom. The summed E-state index contributed by atoms with van der Waals surface area (Å²) >= 11 is 6.08. The number of nitrogens with one attached hydrogen (secondary N) is 2. The molecule has 0 aliphatic heterocycles. The van der Waals surface area contributed by atoms with Crippen LogP contribution in [0.3, 0.4) is 0 Å². The fourth-order valence-electron chi connectivity index (χ4n) is 1.04. The van der Waals surface area contributed by atoms with E-state index >= 15 is 0 Å². The summed E-state index contributed by atoms with van der Waals surface area (Å²) in [6, 6.07) is 8.95. The van der Waals surface area contributed by atoms with Gasteiger partial charge in [0.05, 0.1) is 0 Å². The maximum atomic E-state index is 11.6. The van der Waals surface area contributed by atoms with Crippen LogP contribution in [-0.4, -0.2) is 16.1 Å².